The molecule has 1 saturated heterocycles. The van der Waals surface area contributed by atoms with E-state index in [0.29, 0.717) is 0 Å². The molecular formula is C19H15BrN2O2S. The lowest BCUT2D eigenvalue weighted by molar-refractivity contribution is -0.119. The third-order valence-corrected chi connectivity index (χ3v) is 6.80. The number of benzene rings is 2. The summed E-state index contributed by atoms with van der Waals surface area (Å²) >= 11 is 3.59. The molecule has 1 fully saturated rings. The molecule has 3 aromatic rings. The van der Waals surface area contributed by atoms with Gasteiger partial charge < -0.3 is 4.57 Å². The zero-order valence-electron chi connectivity index (χ0n) is 13.2. The van der Waals surface area contributed by atoms with E-state index < -0.39 is 15.7 Å². The first-order chi connectivity index (χ1) is 12.1. The van der Waals surface area contributed by atoms with E-state index in [-0.39, 0.29) is 11.1 Å². The van der Waals surface area contributed by atoms with Crippen molar-refractivity contribution in [3.05, 3.63) is 70.3 Å². The third kappa shape index (κ3) is 2.75. The topological polar surface area (TPSA) is 51.1 Å². The molecule has 1 aromatic heterocycles. The summed E-state index contributed by atoms with van der Waals surface area (Å²) in [5, 5.41) is 2.60. The minimum atomic E-state index is -0.891. The fourth-order valence-electron chi connectivity index (χ4n) is 3.19. The Hall–Kier alpha value is -2.18. The molecule has 2 heterocycles. The highest BCUT2D eigenvalue weighted by atomic mass is 79.9. The van der Waals surface area contributed by atoms with Crippen molar-refractivity contribution in [2.24, 2.45) is 0 Å². The maximum absolute atomic E-state index is 12.2. The minimum absolute atomic E-state index is 0.255. The summed E-state index contributed by atoms with van der Waals surface area (Å²) in [7, 11) is -0.891. The Balaban J connectivity index is 1.79. The van der Waals surface area contributed by atoms with E-state index in [2.05, 4.69) is 37.8 Å². The first kappa shape index (κ1) is 16.3. The van der Waals surface area contributed by atoms with Gasteiger partial charge in [-0.2, -0.15) is 0 Å². The number of amides is 2. The van der Waals surface area contributed by atoms with E-state index in [0.717, 1.165) is 27.5 Å². The van der Waals surface area contributed by atoms with Gasteiger partial charge >= 0.3 is 0 Å². The van der Waals surface area contributed by atoms with Gasteiger partial charge in [-0.1, -0.05) is 62.6 Å². The second kappa shape index (κ2) is 6.28. The molecule has 6 heteroatoms. The fourth-order valence-corrected chi connectivity index (χ4v) is 4.87. The molecule has 0 radical (unpaired) electrons. The molecule has 4 rings (SSSR count). The lowest BCUT2D eigenvalue weighted by Crippen LogP contribution is -2.20. The molecule has 25 heavy (non-hydrogen) atoms. The first-order valence-electron chi connectivity index (χ1n) is 7.75. The Morgan fingerprint density at radius 2 is 1.92 bits per heavy atom. The van der Waals surface area contributed by atoms with Gasteiger partial charge in [0.2, 0.25) is 5.91 Å². The highest BCUT2D eigenvalue weighted by Gasteiger charge is 2.36. The van der Waals surface area contributed by atoms with Crippen molar-refractivity contribution in [2.45, 2.75) is 11.8 Å². The number of halogens is 1. The predicted octanol–water partition coefficient (Wildman–Crippen LogP) is 4.44. The van der Waals surface area contributed by atoms with Crippen molar-refractivity contribution in [1.29, 1.82) is 0 Å². The lowest BCUT2D eigenvalue weighted by atomic mass is 10.1. The Kier molecular flexibility index (Phi) is 4.09. The number of nitrogens with one attached hydrogen (secondary N) is 1. The van der Waals surface area contributed by atoms with Crippen LogP contribution in [0.1, 0.15) is 16.4 Å². The lowest BCUT2D eigenvalue weighted by Gasteiger charge is -2.12. The number of hydrogen-bond acceptors (Lipinski definition) is 2. The van der Waals surface area contributed by atoms with Crippen LogP contribution in [-0.2, 0) is 11.3 Å². The van der Waals surface area contributed by atoms with E-state index in [1.165, 1.54) is 5.56 Å². The summed E-state index contributed by atoms with van der Waals surface area (Å²) in [6.07, 6.45) is 2.02. The maximum atomic E-state index is 12.2. The van der Waals surface area contributed by atoms with E-state index in [4.69, 9.17) is 0 Å². The minimum Gasteiger partial charge on any atom is -0.343 e. The molecule has 0 aliphatic carbocycles. The van der Waals surface area contributed by atoms with Crippen LogP contribution in [0, 0.1) is 0 Å². The summed E-state index contributed by atoms with van der Waals surface area (Å²) in [6, 6.07) is 16.0. The highest BCUT2D eigenvalue weighted by Crippen LogP contribution is 2.42. The van der Waals surface area contributed by atoms with Gasteiger partial charge in [-0.15, -0.1) is 0 Å². The molecule has 1 aliphatic rings. The van der Waals surface area contributed by atoms with Crippen molar-refractivity contribution < 1.29 is 9.59 Å². The Morgan fingerprint density at radius 3 is 2.64 bits per heavy atom. The number of carbonyl (C=O) groups excluding carboxylic acids is 2. The van der Waals surface area contributed by atoms with Gasteiger partial charge in [0.25, 0.3) is 5.24 Å². The molecular weight excluding hydrogens is 400 g/mol. The molecule has 2 unspecified atom stereocenters. The molecule has 0 spiro atoms. The summed E-state index contributed by atoms with van der Waals surface area (Å²) in [5.41, 5.74) is 3.08. The van der Waals surface area contributed by atoms with E-state index in [9.17, 15) is 9.59 Å². The molecule has 4 nitrogen and oxygen atoms in total. The van der Waals surface area contributed by atoms with Gasteiger partial charge in [-0.3, -0.25) is 14.9 Å². The number of carbonyl (C=O) groups is 2. The van der Waals surface area contributed by atoms with Crippen molar-refractivity contribution in [1.82, 2.24) is 9.88 Å². The van der Waals surface area contributed by atoms with Crippen LogP contribution in [0.4, 0.5) is 4.79 Å². The summed E-state index contributed by atoms with van der Waals surface area (Å²) in [4.78, 5) is 24.0. The van der Waals surface area contributed by atoms with Crippen molar-refractivity contribution in [2.75, 3.05) is 0 Å². The van der Waals surface area contributed by atoms with Crippen LogP contribution in [0.5, 0.6) is 0 Å². The van der Waals surface area contributed by atoms with Crippen LogP contribution >= 0.6 is 26.4 Å². The number of aromatic nitrogens is 1. The molecule has 1 aliphatic heterocycles. The van der Waals surface area contributed by atoms with Crippen molar-refractivity contribution >= 4 is 54.3 Å². The molecule has 2 amide bonds. The van der Waals surface area contributed by atoms with Gasteiger partial charge in [0.05, 0.1) is 0 Å². The predicted molar refractivity (Wildman–Crippen MR) is 106 cm³/mol. The zero-order chi connectivity index (χ0) is 17.6. The Bertz CT molecular complexity index is 1040. The first-order valence-corrected chi connectivity index (χ1v) is 10.00. The molecule has 2 atom stereocenters. The largest absolute Gasteiger partial charge is 0.343 e. The second-order valence-electron chi connectivity index (χ2n) is 5.90. The van der Waals surface area contributed by atoms with Gasteiger partial charge in [-0.05, 0) is 29.3 Å². The average Bonchev–Trinajstić information content (AvgIpc) is 3.11. The molecule has 2 aromatic carbocycles. The van der Waals surface area contributed by atoms with E-state index in [1.54, 1.807) is 0 Å². The number of rotatable bonds is 3. The summed E-state index contributed by atoms with van der Waals surface area (Å²) in [6.45, 7) is 0.722. The van der Waals surface area contributed by atoms with Gasteiger partial charge in [-0.25, -0.2) is 0 Å². The number of nitrogens with zero attached hydrogens (tertiary/aromatic N) is 1. The standard InChI is InChI=1S/C19H15BrN2O2S/c1-25-17(18(23)21-19(25)24)14-6-4-8-16-13(14)9-10-22(16)11-12-5-2-3-7-15(12)20/h2-10,17H,1,11H2,(H,21,23,24). The normalized spacial score (nSPS) is 20.2. The number of imide groups is 1. The van der Waals surface area contributed by atoms with Gasteiger partial charge in [0.15, 0.2) is 0 Å². The zero-order valence-corrected chi connectivity index (χ0v) is 15.6. The van der Waals surface area contributed by atoms with Gasteiger partial charge in [0, 0.05) is 28.1 Å². The fraction of sp³-hybridized carbons (Fsp3) is 0.105. The summed E-state index contributed by atoms with van der Waals surface area (Å²) < 4.78 is 3.21. The van der Waals surface area contributed by atoms with Crippen LogP contribution in [0.3, 0.4) is 0 Å². The monoisotopic (exact) mass is 414 g/mol. The van der Waals surface area contributed by atoms with Gasteiger partial charge in [0.1, 0.15) is 5.25 Å². The average molecular weight is 415 g/mol. The van der Waals surface area contributed by atoms with Crippen LogP contribution in [-0.4, -0.2) is 21.6 Å². The van der Waals surface area contributed by atoms with Crippen molar-refractivity contribution in [3.63, 3.8) is 0 Å². The Morgan fingerprint density at radius 1 is 1.12 bits per heavy atom. The van der Waals surface area contributed by atoms with E-state index >= 15 is 0 Å². The van der Waals surface area contributed by atoms with Crippen LogP contribution in [0.15, 0.2) is 59.2 Å². The third-order valence-electron chi connectivity index (χ3n) is 4.41. The molecule has 126 valence electrons. The molecule has 1 N–H and O–H groups in total. The summed E-state index contributed by atoms with van der Waals surface area (Å²) in [5.74, 6) is 3.65. The Labute approximate surface area is 155 Å². The molecule has 0 saturated carbocycles. The maximum Gasteiger partial charge on any atom is 0.280 e. The van der Waals surface area contributed by atoms with E-state index in [1.807, 2.05) is 48.7 Å². The highest BCUT2D eigenvalue weighted by molar-refractivity contribution is 9.10. The van der Waals surface area contributed by atoms with Crippen LogP contribution in [0.25, 0.3) is 10.9 Å². The smallest absolute Gasteiger partial charge is 0.280 e. The number of fused-ring (bicyclic) bond motifs is 1. The number of hydrogen-bond donors (Lipinski definition) is 1. The SMILES string of the molecule is C=S1C(=O)NC(=O)C1c1cccc2c1ccn2Cc1ccccc1Br. The van der Waals surface area contributed by atoms with Crippen LogP contribution < -0.4 is 5.32 Å². The van der Waals surface area contributed by atoms with Crippen LogP contribution in [0.2, 0.25) is 0 Å². The second-order valence-corrected chi connectivity index (χ2v) is 8.45. The molecule has 0 bridgehead atoms. The quantitative estimate of drug-likeness (QED) is 0.643. The van der Waals surface area contributed by atoms with Crippen molar-refractivity contribution in [3.8, 4) is 0 Å².